The van der Waals surface area contributed by atoms with Crippen LogP contribution in [0.5, 0.6) is 0 Å². The van der Waals surface area contributed by atoms with Crippen molar-refractivity contribution in [3.63, 3.8) is 0 Å². The van der Waals surface area contributed by atoms with Gasteiger partial charge in [0, 0.05) is 19.3 Å². The van der Waals surface area contributed by atoms with Gasteiger partial charge in [-0.3, -0.25) is 9.89 Å². The number of nitrogens with one attached hydrogen (secondary N) is 2. The molecular formula is C17H19N5O3S2. The molecule has 8 nitrogen and oxygen atoms in total. The molecule has 0 unspecified atom stereocenters. The molecule has 2 N–H and O–H groups in total. The van der Waals surface area contributed by atoms with E-state index in [1.165, 1.54) is 25.1 Å². The van der Waals surface area contributed by atoms with Crippen molar-refractivity contribution >= 4 is 38.5 Å². The van der Waals surface area contributed by atoms with Gasteiger partial charge in [0.2, 0.25) is 15.9 Å². The van der Waals surface area contributed by atoms with Crippen molar-refractivity contribution in [1.82, 2.24) is 24.8 Å². The summed E-state index contributed by atoms with van der Waals surface area (Å²) < 4.78 is 26.5. The highest BCUT2D eigenvalue weighted by Crippen LogP contribution is 2.21. The van der Waals surface area contributed by atoms with Gasteiger partial charge in [-0.1, -0.05) is 42.1 Å². The Morgan fingerprint density at radius 2 is 2.00 bits per heavy atom. The normalized spacial score (nSPS) is 11.8. The maximum atomic E-state index is 12.7. The van der Waals surface area contributed by atoms with E-state index in [2.05, 4.69) is 20.5 Å². The van der Waals surface area contributed by atoms with E-state index < -0.39 is 10.0 Å². The lowest BCUT2D eigenvalue weighted by Crippen LogP contribution is -2.39. The number of carbonyl (C=O) groups is 1. The van der Waals surface area contributed by atoms with Gasteiger partial charge in [0.05, 0.1) is 11.4 Å². The Hall–Kier alpha value is -2.43. The molecule has 27 heavy (non-hydrogen) atoms. The van der Waals surface area contributed by atoms with E-state index in [0.717, 1.165) is 15.1 Å². The summed E-state index contributed by atoms with van der Waals surface area (Å²) in [4.78, 5) is 16.2. The molecule has 0 bridgehead atoms. The fourth-order valence-corrected chi connectivity index (χ4v) is 4.25. The van der Waals surface area contributed by atoms with Crippen LogP contribution in [0.3, 0.4) is 0 Å². The molecule has 0 saturated heterocycles. The third-order valence-electron chi connectivity index (χ3n) is 3.85. The van der Waals surface area contributed by atoms with Gasteiger partial charge in [-0.2, -0.15) is 9.40 Å². The van der Waals surface area contributed by atoms with Crippen LogP contribution in [0.25, 0.3) is 10.8 Å². The number of amides is 1. The molecule has 3 rings (SSSR count). The monoisotopic (exact) mass is 405 g/mol. The van der Waals surface area contributed by atoms with Crippen LogP contribution >= 0.6 is 11.8 Å². The van der Waals surface area contributed by atoms with Crippen LogP contribution in [0.15, 0.2) is 58.8 Å². The molecular weight excluding hydrogens is 386 g/mol. The number of nitrogens with zero attached hydrogens (tertiary/aromatic N) is 3. The van der Waals surface area contributed by atoms with Crippen LogP contribution in [0.4, 0.5) is 0 Å². The fourth-order valence-electron chi connectivity index (χ4n) is 2.45. The Morgan fingerprint density at radius 1 is 1.22 bits per heavy atom. The number of H-pyrrole nitrogens is 1. The Labute approximate surface area is 161 Å². The highest BCUT2D eigenvalue weighted by molar-refractivity contribution is 7.99. The molecule has 0 aliphatic heterocycles. The first-order chi connectivity index (χ1) is 13.0. The second-order valence-electron chi connectivity index (χ2n) is 5.76. The first-order valence-electron chi connectivity index (χ1n) is 8.17. The lowest BCUT2D eigenvalue weighted by molar-refractivity contribution is -0.121. The number of benzene rings is 2. The maximum Gasteiger partial charge on any atom is 0.243 e. The third-order valence-corrected chi connectivity index (χ3v) is 6.53. The van der Waals surface area contributed by atoms with Gasteiger partial charge in [-0.25, -0.2) is 13.4 Å². The molecule has 1 amide bonds. The predicted octanol–water partition coefficient (Wildman–Crippen LogP) is 1.49. The molecule has 0 saturated carbocycles. The topological polar surface area (TPSA) is 108 Å². The SMILES string of the molecule is CN(CC(=O)NCCSc1ncn[nH]1)S(=O)(=O)c1ccc2ccccc2c1. The van der Waals surface area contributed by atoms with E-state index in [1.54, 1.807) is 18.2 Å². The standard InChI is InChI=1S/C17H19N5O3S2/c1-22(11-16(23)18-8-9-26-17-19-12-20-21-17)27(24,25)15-7-6-13-4-2-3-5-14(13)10-15/h2-7,10,12H,8-9,11H2,1H3,(H,18,23)(H,19,20,21). The van der Waals surface area contributed by atoms with E-state index in [-0.39, 0.29) is 17.3 Å². The highest BCUT2D eigenvalue weighted by atomic mass is 32.2. The average molecular weight is 406 g/mol. The van der Waals surface area contributed by atoms with Crippen LogP contribution in [0, 0.1) is 0 Å². The molecule has 142 valence electrons. The van der Waals surface area contributed by atoms with Gasteiger partial charge < -0.3 is 5.32 Å². The van der Waals surface area contributed by atoms with Crippen molar-refractivity contribution < 1.29 is 13.2 Å². The first kappa shape index (κ1) is 19.3. The Bertz CT molecular complexity index is 1020. The number of likely N-dealkylation sites (N-methyl/N-ethyl adjacent to an activating group) is 1. The Balaban J connectivity index is 1.56. The number of hydrogen-bond acceptors (Lipinski definition) is 6. The zero-order valence-corrected chi connectivity index (χ0v) is 16.3. The van der Waals surface area contributed by atoms with Crippen LogP contribution in [-0.2, 0) is 14.8 Å². The largest absolute Gasteiger partial charge is 0.354 e. The smallest absolute Gasteiger partial charge is 0.243 e. The Morgan fingerprint density at radius 3 is 2.74 bits per heavy atom. The predicted molar refractivity (Wildman–Crippen MR) is 104 cm³/mol. The van der Waals surface area contributed by atoms with E-state index in [4.69, 9.17) is 0 Å². The summed E-state index contributed by atoms with van der Waals surface area (Å²) in [7, 11) is -2.35. The van der Waals surface area contributed by atoms with Gasteiger partial charge in [0.15, 0.2) is 5.16 Å². The molecule has 1 heterocycles. The summed E-state index contributed by atoms with van der Waals surface area (Å²) in [6.45, 7) is 0.149. The van der Waals surface area contributed by atoms with Crippen LogP contribution in [-0.4, -0.2) is 59.7 Å². The number of aromatic amines is 1. The minimum absolute atomic E-state index is 0.164. The van der Waals surface area contributed by atoms with E-state index in [1.807, 2.05) is 24.3 Å². The zero-order valence-electron chi connectivity index (χ0n) is 14.6. The van der Waals surface area contributed by atoms with Crippen molar-refractivity contribution in [3.05, 3.63) is 48.8 Å². The van der Waals surface area contributed by atoms with Crippen molar-refractivity contribution in [1.29, 1.82) is 0 Å². The molecule has 0 aliphatic rings. The number of fused-ring (bicyclic) bond motifs is 1. The van der Waals surface area contributed by atoms with Crippen molar-refractivity contribution in [2.24, 2.45) is 0 Å². The molecule has 1 aromatic heterocycles. The average Bonchev–Trinajstić information content (AvgIpc) is 3.18. The van der Waals surface area contributed by atoms with E-state index in [9.17, 15) is 13.2 Å². The molecule has 0 fully saturated rings. The third kappa shape index (κ3) is 4.85. The minimum Gasteiger partial charge on any atom is -0.354 e. The Kier molecular flexibility index (Phi) is 6.09. The lowest BCUT2D eigenvalue weighted by atomic mass is 10.1. The van der Waals surface area contributed by atoms with Gasteiger partial charge in [0.25, 0.3) is 0 Å². The van der Waals surface area contributed by atoms with Crippen molar-refractivity contribution in [3.8, 4) is 0 Å². The second-order valence-corrected chi connectivity index (χ2v) is 8.89. The number of aromatic nitrogens is 3. The minimum atomic E-state index is -3.75. The summed E-state index contributed by atoms with van der Waals surface area (Å²) in [5.74, 6) is 0.238. The van der Waals surface area contributed by atoms with Crippen molar-refractivity contribution in [2.45, 2.75) is 10.1 Å². The number of sulfonamides is 1. The summed E-state index contributed by atoms with van der Waals surface area (Å²) in [6, 6.07) is 12.5. The van der Waals surface area contributed by atoms with Crippen LogP contribution < -0.4 is 5.32 Å². The number of carbonyl (C=O) groups excluding carboxylic acids is 1. The van der Waals surface area contributed by atoms with E-state index in [0.29, 0.717) is 17.5 Å². The van der Waals surface area contributed by atoms with Crippen LogP contribution in [0.1, 0.15) is 0 Å². The van der Waals surface area contributed by atoms with Gasteiger partial charge in [-0.05, 0) is 22.9 Å². The van der Waals surface area contributed by atoms with E-state index >= 15 is 0 Å². The molecule has 0 spiro atoms. The molecule has 3 aromatic rings. The zero-order chi connectivity index (χ0) is 19.3. The second kappa shape index (κ2) is 8.51. The van der Waals surface area contributed by atoms with Gasteiger partial charge in [-0.15, -0.1) is 0 Å². The highest BCUT2D eigenvalue weighted by Gasteiger charge is 2.23. The van der Waals surface area contributed by atoms with Crippen molar-refractivity contribution in [2.75, 3.05) is 25.9 Å². The number of rotatable bonds is 8. The van der Waals surface area contributed by atoms with Crippen LogP contribution in [0.2, 0.25) is 0 Å². The number of thioether (sulfide) groups is 1. The summed E-state index contributed by atoms with van der Waals surface area (Å²) in [5, 5.41) is 11.6. The summed E-state index contributed by atoms with van der Waals surface area (Å²) >= 11 is 1.42. The molecule has 0 aliphatic carbocycles. The summed E-state index contributed by atoms with van der Waals surface area (Å²) in [5.41, 5.74) is 0. The first-order valence-corrected chi connectivity index (χ1v) is 10.6. The van der Waals surface area contributed by atoms with Gasteiger partial charge in [0.1, 0.15) is 6.33 Å². The lowest BCUT2D eigenvalue weighted by Gasteiger charge is -2.17. The molecule has 0 atom stereocenters. The summed E-state index contributed by atoms with van der Waals surface area (Å²) in [6.07, 6.45) is 1.41. The quantitative estimate of drug-likeness (QED) is 0.434. The number of hydrogen-bond donors (Lipinski definition) is 2. The fraction of sp³-hybridized carbons (Fsp3) is 0.235. The molecule has 2 aromatic carbocycles. The van der Waals surface area contributed by atoms with Gasteiger partial charge >= 0.3 is 0 Å². The molecule has 0 radical (unpaired) electrons. The maximum absolute atomic E-state index is 12.7. The molecule has 10 heteroatoms.